The lowest BCUT2D eigenvalue weighted by Crippen LogP contribution is -2.34. The number of hydrogen-bond acceptors (Lipinski definition) is 2. The first-order chi connectivity index (χ1) is 8.24. The van der Waals surface area contributed by atoms with Gasteiger partial charge in [-0.3, -0.25) is 4.90 Å². The van der Waals surface area contributed by atoms with E-state index in [0.717, 1.165) is 5.02 Å². The van der Waals surface area contributed by atoms with E-state index in [0.29, 0.717) is 12.1 Å². The summed E-state index contributed by atoms with van der Waals surface area (Å²) in [5.74, 6) is 0. The molecule has 1 saturated heterocycles. The Morgan fingerprint density at radius 2 is 2.06 bits per heavy atom. The summed E-state index contributed by atoms with van der Waals surface area (Å²) in [7, 11) is 0. The van der Waals surface area contributed by atoms with Crippen molar-refractivity contribution in [3.63, 3.8) is 0 Å². The summed E-state index contributed by atoms with van der Waals surface area (Å²) in [6, 6.07) is 7.35. The second kappa shape index (κ2) is 4.51. The van der Waals surface area contributed by atoms with Crippen molar-refractivity contribution in [2.24, 2.45) is 0 Å². The lowest BCUT2D eigenvalue weighted by molar-refractivity contribution is 0.223. The van der Waals surface area contributed by atoms with Gasteiger partial charge in [-0.25, -0.2) is 0 Å². The lowest BCUT2D eigenvalue weighted by Gasteiger charge is -2.37. The molecule has 17 heavy (non-hydrogen) atoms. The molecule has 1 N–H and O–H groups in total. The van der Waals surface area contributed by atoms with Gasteiger partial charge in [-0.1, -0.05) is 11.6 Å². The molecule has 2 unspecified atom stereocenters. The van der Waals surface area contributed by atoms with E-state index in [2.05, 4.69) is 29.3 Å². The van der Waals surface area contributed by atoms with Crippen LogP contribution in [0.1, 0.15) is 37.8 Å². The first kappa shape index (κ1) is 11.4. The van der Waals surface area contributed by atoms with Crippen LogP contribution in [0, 0.1) is 0 Å². The maximum absolute atomic E-state index is 6.14. The molecule has 2 aliphatic rings. The first-order valence-electron chi connectivity index (χ1n) is 6.54. The van der Waals surface area contributed by atoms with Crippen LogP contribution in [0.5, 0.6) is 0 Å². The van der Waals surface area contributed by atoms with E-state index < -0.39 is 0 Å². The van der Waals surface area contributed by atoms with E-state index in [-0.39, 0.29) is 0 Å². The van der Waals surface area contributed by atoms with E-state index in [1.807, 2.05) is 6.07 Å². The predicted octanol–water partition coefficient (Wildman–Crippen LogP) is 3.68. The van der Waals surface area contributed by atoms with Crippen molar-refractivity contribution >= 4 is 17.3 Å². The lowest BCUT2D eigenvalue weighted by atomic mass is 9.92. The number of nitrogens with zero attached hydrogens (tertiary/aromatic N) is 1. The molecule has 2 heterocycles. The summed E-state index contributed by atoms with van der Waals surface area (Å²) in [4.78, 5) is 2.62. The number of likely N-dealkylation sites (tertiary alicyclic amines) is 1. The molecule has 3 heteroatoms. The smallest absolute Gasteiger partial charge is 0.0410 e. The zero-order valence-electron chi connectivity index (χ0n) is 10.2. The maximum atomic E-state index is 6.14. The number of nitrogens with one attached hydrogen (secondary N) is 1. The third-order valence-electron chi connectivity index (χ3n) is 3.93. The fourth-order valence-electron chi connectivity index (χ4n) is 3.13. The second-order valence-corrected chi connectivity index (χ2v) is 5.71. The van der Waals surface area contributed by atoms with Gasteiger partial charge in [0.2, 0.25) is 0 Å². The Hall–Kier alpha value is -0.730. The predicted molar refractivity (Wildman–Crippen MR) is 72.7 cm³/mol. The van der Waals surface area contributed by atoms with Crippen LogP contribution in [0.3, 0.4) is 0 Å². The van der Waals surface area contributed by atoms with Crippen molar-refractivity contribution in [2.45, 2.75) is 38.3 Å². The minimum absolute atomic E-state index is 0.550. The van der Waals surface area contributed by atoms with Crippen molar-refractivity contribution in [1.29, 1.82) is 0 Å². The summed E-state index contributed by atoms with van der Waals surface area (Å²) in [5.41, 5.74) is 2.66. The van der Waals surface area contributed by atoms with Crippen LogP contribution in [-0.2, 0) is 0 Å². The van der Waals surface area contributed by atoms with E-state index in [1.54, 1.807) is 0 Å². The average molecular weight is 251 g/mol. The third kappa shape index (κ3) is 2.16. The highest BCUT2D eigenvalue weighted by Gasteiger charge is 2.30. The van der Waals surface area contributed by atoms with E-state index in [9.17, 15) is 0 Å². The molecule has 1 fully saturated rings. The molecule has 0 bridgehead atoms. The Morgan fingerprint density at radius 1 is 1.29 bits per heavy atom. The molecule has 1 aromatic carbocycles. The van der Waals surface area contributed by atoms with Crippen molar-refractivity contribution in [1.82, 2.24) is 4.90 Å². The van der Waals surface area contributed by atoms with Crippen LogP contribution in [0.4, 0.5) is 5.69 Å². The SMILES string of the molecule is CC1CC(N2CCCC2)c2cc(Cl)ccc2N1. The van der Waals surface area contributed by atoms with Gasteiger partial charge in [0.15, 0.2) is 0 Å². The van der Waals surface area contributed by atoms with Crippen LogP contribution in [0.2, 0.25) is 5.02 Å². The Kier molecular flexibility index (Phi) is 3.01. The van der Waals surface area contributed by atoms with Gasteiger partial charge in [-0.2, -0.15) is 0 Å². The number of hydrogen-bond donors (Lipinski definition) is 1. The summed E-state index contributed by atoms with van der Waals surface area (Å²) in [6.07, 6.45) is 3.87. The van der Waals surface area contributed by atoms with Crippen molar-refractivity contribution in [2.75, 3.05) is 18.4 Å². The third-order valence-corrected chi connectivity index (χ3v) is 4.17. The Bertz CT molecular complexity index is 413. The minimum atomic E-state index is 0.550. The molecule has 2 atom stereocenters. The molecule has 3 rings (SSSR count). The summed E-state index contributed by atoms with van der Waals surface area (Å²) < 4.78 is 0. The van der Waals surface area contributed by atoms with Gasteiger partial charge in [0.1, 0.15) is 0 Å². The number of benzene rings is 1. The molecule has 0 saturated carbocycles. The summed E-state index contributed by atoms with van der Waals surface area (Å²) >= 11 is 6.14. The fraction of sp³-hybridized carbons (Fsp3) is 0.571. The van der Waals surface area contributed by atoms with Crippen LogP contribution < -0.4 is 5.32 Å². The van der Waals surface area contributed by atoms with Crippen molar-refractivity contribution in [3.05, 3.63) is 28.8 Å². The molecular weight excluding hydrogens is 232 g/mol. The summed E-state index contributed by atoms with van der Waals surface area (Å²) in [6.45, 7) is 4.74. The van der Waals surface area contributed by atoms with Gasteiger partial charge in [-0.05, 0) is 63.0 Å². The molecule has 0 amide bonds. The van der Waals surface area contributed by atoms with Crippen molar-refractivity contribution in [3.8, 4) is 0 Å². The Labute approximate surface area is 108 Å². The molecule has 1 aromatic rings. The second-order valence-electron chi connectivity index (χ2n) is 5.27. The number of halogens is 1. The van der Waals surface area contributed by atoms with Crippen LogP contribution >= 0.6 is 11.6 Å². The Morgan fingerprint density at radius 3 is 2.82 bits per heavy atom. The van der Waals surface area contributed by atoms with Gasteiger partial charge in [0.05, 0.1) is 0 Å². The molecule has 2 nitrogen and oxygen atoms in total. The number of anilines is 1. The van der Waals surface area contributed by atoms with Gasteiger partial charge in [0, 0.05) is 22.8 Å². The van der Waals surface area contributed by atoms with E-state index in [4.69, 9.17) is 11.6 Å². The molecule has 0 spiro atoms. The molecule has 0 aliphatic carbocycles. The number of fused-ring (bicyclic) bond motifs is 1. The van der Waals surface area contributed by atoms with Gasteiger partial charge < -0.3 is 5.32 Å². The molecule has 2 aliphatic heterocycles. The number of rotatable bonds is 1. The highest BCUT2D eigenvalue weighted by atomic mass is 35.5. The van der Waals surface area contributed by atoms with Crippen LogP contribution in [0.25, 0.3) is 0 Å². The molecule has 0 aromatic heterocycles. The maximum Gasteiger partial charge on any atom is 0.0410 e. The zero-order valence-corrected chi connectivity index (χ0v) is 11.0. The minimum Gasteiger partial charge on any atom is -0.382 e. The highest BCUT2D eigenvalue weighted by molar-refractivity contribution is 6.30. The largest absolute Gasteiger partial charge is 0.382 e. The van der Waals surface area contributed by atoms with Crippen LogP contribution in [-0.4, -0.2) is 24.0 Å². The average Bonchev–Trinajstić information content (AvgIpc) is 2.82. The standard InChI is InChI=1S/C14H19ClN2/c1-10-8-14(17-6-2-3-7-17)12-9-11(15)4-5-13(12)16-10/h4-5,9-10,14,16H,2-3,6-8H2,1H3. The van der Waals surface area contributed by atoms with Gasteiger partial charge >= 0.3 is 0 Å². The quantitative estimate of drug-likeness (QED) is 0.818. The first-order valence-corrected chi connectivity index (χ1v) is 6.92. The van der Waals surface area contributed by atoms with Gasteiger partial charge in [0.25, 0.3) is 0 Å². The van der Waals surface area contributed by atoms with E-state index >= 15 is 0 Å². The topological polar surface area (TPSA) is 15.3 Å². The van der Waals surface area contributed by atoms with E-state index in [1.165, 1.54) is 43.6 Å². The highest BCUT2D eigenvalue weighted by Crippen LogP contribution is 2.39. The zero-order chi connectivity index (χ0) is 11.8. The van der Waals surface area contributed by atoms with Crippen molar-refractivity contribution < 1.29 is 0 Å². The van der Waals surface area contributed by atoms with Crippen LogP contribution in [0.15, 0.2) is 18.2 Å². The Balaban J connectivity index is 1.96. The molecule has 92 valence electrons. The summed E-state index contributed by atoms with van der Waals surface area (Å²) in [5, 5.41) is 4.41. The normalized spacial score (nSPS) is 28.8. The van der Waals surface area contributed by atoms with Gasteiger partial charge in [-0.15, -0.1) is 0 Å². The monoisotopic (exact) mass is 250 g/mol. The molecular formula is C14H19ClN2. The fourth-order valence-corrected chi connectivity index (χ4v) is 3.31. The molecule has 0 radical (unpaired) electrons.